The first-order valence-corrected chi connectivity index (χ1v) is 5.61. The van der Waals surface area contributed by atoms with Crippen molar-refractivity contribution in [2.45, 2.75) is 25.2 Å². The summed E-state index contributed by atoms with van der Waals surface area (Å²) in [6, 6.07) is 4.34. The fourth-order valence-electron chi connectivity index (χ4n) is 1.77. The van der Waals surface area contributed by atoms with Crippen LogP contribution in [0.2, 0.25) is 0 Å². The zero-order valence-electron chi connectivity index (χ0n) is 9.15. The number of aromatic hydroxyl groups is 1. The lowest BCUT2D eigenvalue weighted by Gasteiger charge is -1.99. The van der Waals surface area contributed by atoms with Crippen molar-refractivity contribution in [3.05, 3.63) is 41.2 Å². The summed E-state index contributed by atoms with van der Waals surface area (Å²) in [7, 11) is 0. The van der Waals surface area contributed by atoms with Crippen LogP contribution in [0.4, 0.5) is 4.39 Å². The van der Waals surface area contributed by atoms with Crippen LogP contribution in [0, 0.1) is 5.82 Å². The number of halogens is 1. The molecule has 0 radical (unpaired) electrons. The van der Waals surface area contributed by atoms with Crippen molar-refractivity contribution in [1.29, 1.82) is 0 Å². The second kappa shape index (κ2) is 3.84. The molecule has 1 aromatic heterocycles. The molecule has 1 saturated carbocycles. The standard InChI is InChI=1S/C12H12FN3O/c13-9-5-7(1-4-10(9)17)6-11-14-12(16-15-11)8-2-3-8/h1,4-5,8,17H,2-3,6H2,(H,14,15,16). The molecule has 17 heavy (non-hydrogen) atoms. The van der Waals surface area contributed by atoms with E-state index < -0.39 is 5.82 Å². The summed E-state index contributed by atoms with van der Waals surface area (Å²) >= 11 is 0. The molecule has 0 atom stereocenters. The Morgan fingerprint density at radius 2 is 2.24 bits per heavy atom. The second-order valence-corrected chi connectivity index (χ2v) is 4.38. The van der Waals surface area contributed by atoms with Gasteiger partial charge in [0.1, 0.15) is 5.82 Å². The highest BCUT2D eigenvalue weighted by atomic mass is 19.1. The first-order chi connectivity index (χ1) is 8.22. The molecule has 0 saturated heterocycles. The summed E-state index contributed by atoms with van der Waals surface area (Å²) < 4.78 is 13.1. The van der Waals surface area contributed by atoms with Gasteiger partial charge in [0, 0.05) is 12.3 Å². The van der Waals surface area contributed by atoms with Crippen molar-refractivity contribution in [2.75, 3.05) is 0 Å². The van der Waals surface area contributed by atoms with Crippen LogP contribution in [-0.4, -0.2) is 20.3 Å². The van der Waals surface area contributed by atoms with Gasteiger partial charge in [0.05, 0.1) is 0 Å². The lowest BCUT2D eigenvalue weighted by molar-refractivity contribution is 0.432. The van der Waals surface area contributed by atoms with Gasteiger partial charge < -0.3 is 5.11 Å². The minimum absolute atomic E-state index is 0.329. The highest BCUT2D eigenvalue weighted by molar-refractivity contribution is 5.29. The van der Waals surface area contributed by atoms with E-state index in [2.05, 4.69) is 15.2 Å². The van der Waals surface area contributed by atoms with Crippen molar-refractivity contribution >= 4 is 0 Å². The lowest BCUT2D eigenvalue weighted by Crippen LogP contribution is -1.92. The summed E-state index contributed by atoms with van der Waals surface area (Å²) in [5, 5.41) is 16.1. The van der Waals surface area contributed by atoms with Gasteiger partial charge in [0.15, 0.2) is 17.4 Å². The third-order valence-corrected chi connectivity index (χ3v) is 2.88. The maximum Gasteiger partial charge on any atom is 0.165 e. The van der Waals surface area contributed by atoms with Crippen LogP contribution >= 0.6 is 0 Å². The quantitative estimate of drug-likeness (QED) is 0.853. The molecule has 2 aromatic rings. The van der Waals surface area contributed by atoms with E-state index in [0.717, 1.165) is 30.1 Å². The summed E-state index contributed by atoms with van der Waals surface area (Å²) in [4.78, 5) is 4.37. The van der Waals surface area contributed by atoms with E-state index in [9.17, 15) is 4.39 Å². The van der Waals surface area contributed by atoms with Gasteiger partial charge in [-0.05, 0) is 30.5 Å². The zero-order valence-corrected chi connectivity index (χ0v) is 9.15. The maximum atomic E-state index is 13.1. The molecule has 1 fully saturated rings. The molecule has 88 valence electrons. The smallest absolute Gasteiger partial charge is 0.165 e. The van der Waals surface area contributed by atoms with Gasteiger partial charge >= 0.3 is 0 Å². The number of hydrogen-bond acceptors (Lipinski definition) is 3. The highest BCUT2D eigenvalue weighted by Gasteiger charge is 2.27. The van der Waals surface area contributed by atoms with E-state index in [1.807, 2.05) is 0 Å². The number of nitrogens with one attached hydrogen (secondary N) is 1. The number of benzene rings is 1. The Bertz CT molecular complexity index is 548. The lowest BCUT2D eigenvalue weighted by atomic mass is 10.1. The normalized spacial score (nSPS) is 15.1. The van der Waals surface area contributed by atoms with Crippen LogP contribution in [0.25, 0.3) is 0 Å². The predicted octanol–water partition coefficient (Wildman–Crippen LogP) is 2.12. The van der Waals surface area contributed by atoms with Crippen LogP contribution in [0.5, 0.6) is 5.75 Å². The molecule has 1 aliphatic rings. The van der Waals surface area contributed by atoms with Crippen LogP contribution < -0.4 is 0 Å². The van der Waals surface area contributed by atoms with E-state index in [4.69, 9.17) is 5.11 Å². The first kappa shape index (κ1) is 10.3. The summed E-state index contributed by atoms with van der Waals surface area (Å²) in [6.07, 6.45) is 2.81. The predicted molar refractivity (Wildman–Crippen MR) is 59.2 cm³/mol. The van der Waals surface area contributed by atoms with Crippen molar-refractivity contribution in [2.24, 2.45) is 0 Å². The van der Waals surface area contributed by atoms with E-state index in [1.165, 1.54) is 12.1 Å². The van der Waals surface area contributed by atoms with Gasteiger partial charge in [0.25, 0.3) is 0 Å². The monoisotopic (exact) mass is 233 g/mol. The van der Waals surface area contributed by atoms with E-state index in [0.29, 0.717) is 12.3 Å². The topological polar surface area (TPSA) is 61.8 Å². The third-order valence-electron chi connectivity index (χ3n) is 2.88. The van der Waals surface area contributed by atoms with E-state index in [1.54, 1.807) is 6.07 Å². The van der Waals surface area contributed by atoms with Gasteiger partial charge in [-0.3, -0.25) is 5.10 Å². The molecule has 0 bridgehead atoms. The molecule has 1 aromatic carbocycles. The highest BCUT2D eigenvalue weighted by Crippen LogP contribution is 2.37. The fourth-order valence-corrected chi connectivity index (χ4v) is 1.77. The number of H-pyrrole nitrogens is 1. The number of hydrogen-bond donors (Lipinski definition) is 2. The number of nitrogens with zero attached hydrogens (tertiary/aromatic N) is 2. The van der Waals surface area contributed by atoms with Gasteiger partial charge in [-0.25, -0.2) is 9.37 Å². The third kappa shape index (κ3) is 2.13. The van der Waals surface area contributed by atoms with E-state index in [-0.39, 0.29) is 5.75 Å². The van der Waals surface area contributed by atoms with Crippen molar-refractivity contribution < 1.29 is 9.50 Å². The zero-order chi connectivity index (χ0) is 11.8. The molecule has 4 nitrogen and oxygen atoms in total. The number of aromatic amines is 1. The minimum Gasteiger partial charge on any atom is -0.505 e. The average molecular weight is 233 g/mol. The van der Waals surface area contributed by atoms with Gasteiger partial charge in [-0.15, -0.1) is 0 Å². The number of phenolic OH excluding ortho intramolecular Hbond substituents is 1. The van der Waals surface area contributed by atoms with Crippen LogP contribution in [0.3, 0.4) is 0 Å². The van der Waals surface area contributed by atoms with Crippen LogP contribution in [-0.2, 0) is 6.42 Å². The molecule has 0 amide bonds. The molecule has 5 heteroatoms. The molecule has 2 N–H and O–H groups in total. The van der Waals surface area contributed by atoms with E-state index >= 15 is 0 Å². The molecule has 1 heterocycles. The maximum absolute atomic E-state index is 13.1. The number of phenols is 1. The largest absolute Gasteiger partial charge is 0.505 e. The molecule has 1 aliphatic carbocycles. The Kier molecular flexibility index (Phi) is 2.31. The molecule has 3 rings (SSSR count). The van der Waals surface area contributed by atoms with Crippen molar-refractivity contribution in [1.82, 2.24) is 15.2 Å². The SMILES string of the molecule is Oc1ccc(Cc2nc(C3CC3)n[nH]2)cc1F. The van der Waals surface area contributed by atoms with Gasteiger partial charge in [0.2, 0.25) is 0 Å². The molecular formula is C12H12FN3O. The van der Waals surface area contributed by atoms with Crippen molar-refractivity contribution in [3.8, 4) is 5.75 Å². The summed E-state index contributed by atoms with van der Waals surface area (Å²) in [5.41, 5.74) is 0.763. The molecular weight excluding hydrogens is 221 g/mol. The molecule has 0 unspecified atom stereocenters. The minimum atomic E-state index is -0.607. The summed E-state index contributed by atoms with van der Waals surface area (Å²) in [5.74, 6) is 1.17. The number of rotatable bonds is 3. The van der Waals surface area contributed by atoms with Crippen molar-refractivity contribution in [3.63, 3.8) is 0 Å². The fraction of sp³-hybridized carbons (Fsp3) is 0.333. The van der Waals surface area contributed by atoms with Crippen LogP contribution in [0.1, 0.15) is 36.0 Å². The Morgan fingerprint density at radius 1 is 1.41 bits per heavy atom. The average Bonchev–Trinajstić information content (AvgIpc) is 3.06. The Morgan fingerprint density at radius 3 is 2.94 bits per heavy atom. The Labute approximate surface area is 97.5 Å². The van der Waals surface area contributed by atoms with Crippen LogP contribution in [0.15, 0.2) is 18.2 Å². The molecule has 0 aliphatic heterocycles. The first-order valence-electron chi connectivity index (χ1n) is 5.61. The van der Waals surface area contributed by atoms with Gasteiger partial charge in [-0.1, -0.05) is 6.07 Å². The second-order valence-electron chi connectivity index (χ2n) is 4.38. The molecule has 0 spiro atoms. The number of aromatic nitrogens is 3. The Hall–Kier alpha value is -1.91. The van der Waals surface area contributed by atoms with Gasteiger partial charge in [-0.2, -0.15) is 5.10 Å². The summed E-state index contributed by atoms with van der Waals surface area (Å²) in [6.45, 7) is 0. The Balaban J connectivity index is 1.78.